The Bertz CT molecular complexity index is 205. The van der Waals surface area contributed by atoms with Gasteiger partial charge in [-0.2, -0.15) is 0 Å². The molecule has 17 heavy (non-hydrogen) atoms. The molecule has 2 rings (SSSR count). The van der Waals surface area contributed by atoms with Crippen LogP contribution in [0.4, 0.5) is 0 Å². The molecule has 0 aromatic rings. The first-order valence-corrected chi connectivity index (χ1v) is 7.70. The second kappa shape index (κ2) is 6.75. The minimum absolute atomic E-state index is 0.854. The zero-order valence-electron chi connectivity index (χ0n) is 11.8. The van der Waals surface area contributed by atoms with Crippen molar-refractivity contribution in [2.24, 2.45) is 11.8 Å². The van der Waals surface area contributed by atoms with Gasteiger partial charge in [0.05, 0.1) is 0 Å². The summed E-state index contributed by atoms with van der Waals surface area (Å²) >= 11 is 0. The molecule has 2 aliphatic rings. The largest absolute Gasteiger partial charge is 0.316 e. The molecule has 100 valence electrons. The van der Waals surface area contributed by atoms with Gasteiger partial charge in [0.2, 0.25) is 0 Å². The molecule has 1 saturated heterocycles. The third kappa shape index (κ3) is 4.97. The van der Waals surface area contributed by atoms with Gasteiger partial charge in [-0.25, -0.2) is 0 Å². The molecule has 0 aromatic heterocycles. The summed E-state index contributed by atoms with van der Waals surface area (Å²) in [7, 11) is 0. The van der Waals surface area contributed by atoms with Crippen LogP contribution in [0.15, 0.2) is 0 Å². The van der Waals surface area contributed by atoms with E-state index in [0.717, 1.165) is 17.9 Å². The fourth-order valence-electron chi connectivity index (χ4n) is 2.86. The Morgan fingerprint density at radius 2 is 2.00 bits per heavy atom. The Labute approximate surface area is 107 Å². The summed E-state index contributed by atoms with van der Waals surface area (Å²) in [6, 6.07) is 0.949. The molecule has 1 unspecified atom stereocenters. The van der Waals surface area contributed by atoms with Crippen LogP contribution in [0.2, 0.25) is 0 Å². The molecular weight excluding hydrogens is 208 g/mol. The van der Waals surface area contributed by atoms with E-state index < -0.39 is 0 Å². The monoisotopic (exact) mass is 238 g/mol. The highest BCUT2D eigenvalue weighted by molar-refractivity contribution is 4.85. The topological polar surface area (TPSA) is 15.3 Å². The Morgan fingerprint density at radius 1 is 1.18 bits per heavy atom. The maximum atomic E-state index is 3.54. The van der Waals surface area contributed by atoms with Gasteiger partial charge >= 0.3 is 0 Å². The number of piperidine rings is 1. The predicted octanol–water partition coefficient (Wildman–Crippen LogP) is 2.89. The highest BCUT2D eigenvalue weighted by atomic mass is 15.2. The lowest BCUT2D eigenvalue weighted by atomic mass is 9.96. The highest BCUT2D eigenvalue weighted by Gasteiger charge is 2.29. The van der Waals surface area contributed by atoms with Gasteiger partial charge in [0, 0.05) is 6.04 Å². The zero-order chi connectivity index (χ0) is 12.1. The first-order chi connectivity index (χ1) is 8.25. The fraction of sp³-hybridized carbons (Fsp3) is 1.00. The molecule has 2 fully saturated rings. The summed E-state index contributed by atoms with van der Waals surface area (Å²) in [5, 5.41) is 3.54. The van der Waals surface area contributed by atoms with E-state index in [4.69, 9.17) is 0 Å². The maximum absolute atomic E-state index is 3.54. The van der Waals surface area contributed by atoms with Crippen molar-refractivity contribution in [2.75, 3.05) is 26.2 Å². The van der Waals surface area contributed by atoms with Crippen LogP contribution in [-0.2, 0) is 0 Å². The summed E-state index contributed by atoms with van der Waals surface area (Å²) in [5.41, 5.74) is 0. The molecule has 1 aliphatic heterocycles. The predicted molar refractivity (Wildman–Crippen MR) is 74.3 cm³/mol. The van der Waals surface area contributed by atoms with E-state index in [1.54, 1.807) is 0 Å². The molecule has 1 N–H and O–H groups in total. The maximum Gasteiger partial charge on any atom is 0.00964 e. The molecular formula is C15H30N2. The molecule has 0 amide bonds. The van der Waals surface area contributed by atoms with Crippen molar-refractivity contribution in [1.29, 1.82) is 0 Å². The van der Waals surface area contributed by atoms with Crippen molar-refractivity contribution in [3.05, 3.63) is 0 Å². The van der Waals surface area contributed by atoms with Gasteiger partial charge in [0.1, 0.15) is 0 Å². The van der Waals surface area contributed by atoms with E-state index in [2.05, 4.69) is 24.1 Å². The van der Waals surface area contributed by atoms with Crippen molar-refractivity contribution in [2.45, 2.75) is 58.4 Å². The SMILES string of the molecule is CC(C)CCN(CCC1CCCNC1)C1CC1. The summed E-state index contributed by atoms with van der Waals surface area (Å²) in [6.07, 6.45) is 8.55. The molecule has 1 atom stereocenters. The third-order valence-electron chi connectivity index (χ3n) is 4.28. The van der Waals surface area contributed by atoms with Gasteiger partial charge in [-0.1, -0.05) is 13.8 Å². The first-order valence-electron chi connectivity index (χ1n) is 7.70. The lowest BCUT2D eigenvalue weighted by Crippen LogP contribution is -2.34. The van der Waals surface area contributed by atoms with Gasteiger partial charge in [-0.3, -0.25) is 0 Å². The van der Waals surface area contributed by atoms with E-state index in [-0.39, 0.29) is 0 Å². The Kier molecular flexibility index (Phi) is 5.30. The first kappa shape index (κ1) is 13.4. The van der Waals surface area contributed by atoms with Gasteiger partial charge in [0.25, 0.3) is 0 Å². The molecule has 0 aromatic carbocycles. The van der Waals surface area contributed by atoms with Gasteiger partial charge in [-0.05, 0) is 76.5 Å². The van der Waals surface area contributed by atoms with E-state index in [1.165, 1.54) is 64.7 Å². The smallest absolute Gasteiger partial charge is 0.00964 e. The molecule has 0 bridgehead atoms. The summed E-state index contributed by atoms with van der Waals surface area (Å²) < 4.78 is 0. The van der Waals surface area contributed by atoms with Crippen LogP contribution in [0.25, 0.3) is 0 Å². The normalized spacial score (nSPS) is 25.8. The lowest BCUT2D eigenvalue weighted by Gasteiger charge is -2.28. The summed E-state index contributed by atoms with van der Waals surface area (Å²) in [5.74, 6) is 1.80. The van der Waals surface area contributed by atoms with Crippen molar-refractivity contribution in [3.63, 3.8) is 0 Å². The molecule has 2 heteroatoms. The van der Waals surface area contributed by atoms with Crippen LogP contribution in [-0.4, -0.2) is 37.1 Å². The average molecular weight is 238 g/mol. The molecule has 2 nitrogen and oxygen atoms in total. The van der Waals surface area contributed by atoms with Gasteiger partial charge in [0.15, 0.2) is 0 Å². The molecule has 1 aliphatic carbocycles. The van der Waals surface area contributed by atoms with E-state index >= 15 is 0 Å². The van der Waals surface area contributed by atoms with Crippen LogP contribution in [0.3, 0.4) is 0 Å². The van der Waals surface area contributed by atoms with Crippen molar-refractivity contribution >= 4 is 0 Å². The zero-order valence-corrected chi connectivity index (χ0v) is 11.8. The Morgan fingerprint density at radius 3 is 2.59 bits per heavy atom. The third-order valence-corrected chi connectivity index (χ3v) is 4.28. The van der Waals surface area contributed by atoms with Crippen molar-refractivity contribution in [1.82, 2.24) is 10.2 Å². The van der Waals surface area contributed by atoms with Crippen LogP contribution >= 0.6 is 0 Å². The van der Waals surface area contributed by atoms with Crippen molar-refractivity contribution < 1.29 is 0 Å². The van der Waals surface area contributed by atoms with Crippen LogP contribution in [0.5, 0.6) is 0 Å². The summed E-state index contributed by atoms with van der Waals surface area (Å²) in [4.78, 5) is 2.77. The second-order valence-corrected chi connectivity index (χ2v) is 6.45. The fourth-order valence-corrected chi connectivity index (χ4v) is 2.86. The lowest BCUT2D eigenvalue weighted by molar-refractivity contribution is 0.218. The second-order valence-electron chi connectivity index (χ2n) is 6.45. The van der Waals surface area contributed by atoms with Gasteiger partial charge in [-0.15, -0.1) is 0 Å². The van der Waals surface area contributed by atoms with Gasteiger partial charge < -0.3 is 10.2 Å². The minimum Gasteiger partial charge on any atom is -0.316 e. The number of hydrogen-bond acceptors (Lipinski definition) is 2. The van der Waals surface area contributed by atoms with Crippen LogP contribution in [0.1, 0.15) is 52.4 Å². The molecule has 0 spiro atoms. The number of nitrogens with one attached hydrogen (secondary N) is 1. The minimum atomic E-state index is 0.854. The van der Waals surface area contributed by atoms with E-state index in [9.17, 15) is 0 Å². The number of hydrogen-bond donors (Lipinski definition) is 1. The van der Waals surface area contributed by atoms with Crippen LogP contribution in [0, 0.1) is 11.8 Å². The Hall–Kier alpha value is -0.0800. The molecule has 0 radical (unpaired) electrons. The molecule has 1 saturated carbocycles. The van der Waals surface area contributed by atoms with E-state index in [0.29, 0.717) is 0 Å². The quantitative estimate of drug-likeness (QED) is 0.733. The van der Waals surface area contributed by atoms with E-state index in [1.807, 2.05) is 0 Å². The van der Waals surface area contributed by atoms with Crippen molar-refractivity contribution in [3.8, 4) is 0 Å². The van der Waals surface area contributed by atoms with Crippen LogP contribution < -0.4 is 5.32 Å². The molecule has 1 heterocycles. The number of rotatable bonds is 7. The summed E-state index contributed by atoms with van der Waals surface area (Å²) in [6.45, 7) is 9.89. The number of nitrogens with zero attached hydrogens (tertiary/aromatic N) is 1. The Balaban J connectivity index is 1.65. The highest BCUT2D eigenvalue weighted by Crippen LogP contribution is 2.28. The average Bonchev–Trinajstić information content (AvgIpc) is 3.14. The standard InChI is InChI=1S/C15H30N2/c1-13(2)7-10-17(15-5-6-15)11-8-14-4-3-9-16-12-14/h13-16H,3-12H2,1-2H3.